The number of nitrogens with zero attached hydrogens (tertiary/aromatic N) is 1. The maximum atomic E-state index is 12.1. The van der Waals surface area contributed by atoms with Crippen molar-refractivity contribution in [3.8, 4) is 10.6 Å². The van der Waals surface area contributed by atoms with Gasteiger partial charge in [0.15, 0.2) is 0 Å². The number of nitrogens with one attached hydrogen (secondary N) is 1. The number of carbonyl (C=O) groups excluding carboxylic acids is 1. The van der Waals surface area contributed by atoms with Gasteiger partial charge in [-0.2, -0.15) is 0 Å². The zero-order valence-corrected chi connectivity index (χ0v) is 12.5. The van der Waals surface area contributed by atoms with Crippen molar-refractivity contribution in [1.82, 2.24) is 4.98 Å². The maximum Gasteiger partial charge on any atom is 0.241 e. The molecule has 0 bridgehead atoms. The third-order valence-electron chi connectivity index (χ3n) is 3.37. The van der Waals surface area contributed by atoms with Crippen molar-refractivity contribution in [2.24, 2.45) is 11.7 Å². The third-order valence-corrected chi connectivity index (χ3v) is 4.19. The van der Waals surface area contributed by atoms with Crippen LogP contribution in [-0.4, -0.2) is 16.9 Å². The average Bonchev–Trinajstić information content (AvgIpc) is 3.00. The van der Waals surface area contributed by atoms with Crippen molar-refractivity contribution in [2.45, 2.75) is 26.3 Å². The first-order chi connectivity index (χ1) is 9.61. The summed E-state index contributed by atoms with van der Waals surface area (Å²) >= 11 is 1.57. The van der Waals surface area contributed by atoms with Crippen molar-refractivity contribution >= 4 is 22.9 Å². The van der Waals surface area contributed by atoms with E-state index in [2.05, 4.69) is 10.3 Å². The highest BCUT2D eigenvalue weighted by atomic mass is 32.1. The molecule has 0 radical (unpaired) electrons. The molecule has 2 aromatic rings. The van der Waals surface area contributed by atoms with Crippen LogP contribution < -0.4 is 11.1 Å². The molecule has 3 N–H and O–H groups in total. The fourth-order valence-corrected chi connectivity index (χ4v) is 2.47. The third kappa shape index (κ3) is 3.43. The van der Waals surface area contributed by atoms with E-state index in [0.717, 1.165) is 22.7 Å². The van der Waals surface area contributed by atoms with E-state index in [9.17, 15) is 4.79 Å². The molecule has 20 heavy (non-hydrogen) atoms. The van der Waals surface area contributed by atoms with Crippen molar-refractivity contribution in [2.75, 3.05) is 5.32 Å². The van der Waals surface area contributed by atoms with Crippen LogP contribution in [0.2, 0.25) is 0 Å². The van der Waals surface area contributed by atoms with Crippen molar-refractivity contribution < 1.29 is 4.79 Å². The van der Waals surface area contributed by atoms with E-state index in [1.54, 1.807) is 17.5 Å². The van der Waals surface area contributed by atoms with Gasteiger partial charge in [0.25, 0.3) is 0 Å². The molecule has 0 spiro atoms. The van der Waals surface area contributed by atoms with Crippen LogP contribution in [0.15, 0.2) is 35.8 Å². The van der Waals surface area contributed by atoms with Crippen LogP contribution in [0.3, 0.4) is 0 Å². The predicted octanol–water partition coefficient (Wildman–Crippen LogP) is 3.12. The molecule has 0 fully saturated rings. The molecule has 2 rings (SSSR count). The van der Waals surface area contributed by atoms with E-state index in [-0.39, 0.29) is 11.8 Å². The predicted molar refractivity (Wildman–Crippen MR) is 83.6 cm³/mol. The van der Waals surface area contributed by atoms with Crippen LogP contribution in [0.4, 0.5) is 5.69 Å². The Morgan fingerprint density at radius 3 is 2.95 bits per heavy atom. The first kappa shape index (κ1) is 14.7. The Balaban J connectivity index is 2.10. The minimum absolute atomic E-state index is 0.143. The molecule has 5 heteroatoms. The van der Waals surface area contributed by atoms with E-state index >= 15 is 0 Å². The van der Waals surface area contributed by atoms with E-state index in [4.69, 9.17) is 5.73 Å². The van der Waals surface area contributed by atoms with Crippen molar-refractivity contribution in [1.29, 1.82) is 0 Å². The zero-order chi connectivity index (χ0) is 14.5. The number of nitrogens with two attached hydrogens (primary N) is 1. The number of thiazole rings is 1. The monoisotopic (exact) mass is 289 g/mol. The summed E-state index contributed by atoms with van der Waals surface area (Å²) in [4.78, 5) is 16.3. The van der Waals surface area contributed by atoms with Crippen molar-refractivity contribution in [3.05, 3.63) is 35.8 Å². The van der Waals surface area contributed by atoms with Crippen molar-refractivity contribution in [3.63, 3.8) is 0 Å². The summed E-state index contributed by atoms with van der Waals surface area (Å²) in [5.41, 5.74) is 7.68. The van der Waals surface area contributed by atoms with Crippen LogP contribution in [0.1, 0.15) is 20.3 Å². The van der Waals surface area contributed by atoms with Gasteiger partial charge in [-0.3, -0.25) is 4.79 Å². The number of hydrogen-bond donors (Lipinski definition) is 2. The summed E-state index contributed by atoms with van der Waals surface area (Å²) in [6.45, 7) is 4.01. The molecule has 1 aromatic heterocycles. The Bertz CT molecular complexity index is 568. The number of amides is 1. The maximum absolute atomic E-state index is 12.1. The number of benzene rings is 1. The van der Waals surface area contributed by atoms with E-state index < -0.39 is 6.04 Å². The fraction of sp³-hybridized carbons (Fsp3) is 0.333. The van der Waals surface area contributed by atoms with Crippen LogP contribution in [0.25, 0.3) is 10.6 Å². The van der Waals surface area contributed by atoms with E-state index in [0.29, 0.717) is 0 Å². The number of anilines is 1. The summed E-state index contributed by atoms with van der Waals surface area (Å²) in [7, 11) is 0. The van der Waals surface area contributed by atoms with E-state index in [1.807, 2.05) is 43.5 Å². The lowest BCUT2D eigenvalue weighted by molar-refractivity contribution is -0.118. The second-order valence-electron chi connectivity index (χ2n) is 4.82. The zero-order valence-electron chi connectivity index (χ0n) is 11.7. The van der Waals surface area contributed by atoms with Gasteiger partial charge in [-0.1, -0.05) is 32.4 Å². The Labute approximate surface area is 123 Å². The minimum Gasteiger partial charge on any atom is -0.325 e. The highest BCUT2D eigenvalue weighted by Crippen LogP contribution is 2.24. The van der Waals surface area contributed by atoms with Gasteiger partial charge in [0.05, 0.1) is 6.04 Å². The molecule has 1 amide bonds. The van der Waals surface area contributed by atoms with Gasteiger partial charge in [0.2, 0.25) is 5.91 Å². The summed E-state index contributed by atoms with van der Waals surface area (Å²) in [5.74, 6) is 0.0211. The second-order valence-corrected chi connectivity index (χ2v) is 5.71. The lowest BCUT2D eigenvalue weighted by Gasteiger charge is -2.17. The molecule has 106 valence electrons. The smallest absolute Gasteiger partial charge is 0.241 e. The second kappa shape index (κ2) is 6.63. The van der Waals surface area contributed by atoms with Crippen LogP contribution >= 0.6 is 11.3 Å². The molecular weight excluding hydrogens is 270 g/mol. The molecule has 0 aliphatic rings. The highest BCUT2D eigenvalue weighted by Gasteiger charge is 2.19. The lowest BCUT2D eigenvalue weighted by Crippen LogP contribution is -2.40. The quantitative estimate of drug-likeness (QED) is 0.888. The molecule has 0 aliphatic carbocycles. The van der Waals surface area contributed by atoms with Gasteiger partial charge < -0.3 is 11.1 Å². The molecule has 1 unspecified atom stereocenters. The summed E-state index contributed by atoms with van der Waals surface area (Å²) in [6.07, 6.45) is 2.65. The minimum atomic E-state index is -0.483. The number of aromatic nitrogens is 1. The Morgan fingerprint density at radius 2 is 2.30 bits per heavy atom. The van der Waals surface area contributed by atoms with Gasteiger partial charge >= 0.3 is 0 Å². The molecule has 4 nitrogen and oxygen atoms in total. The van der Waals surface area contributed by atoms with Gasteiger partial charge in [-0.15, -0.1) is 11.3 Å². The fourth-order valence-electron chi connectivity index (χ4n) is 1.83. The first-order valence-corrected chi connectivity index (χ1v) is 7.56. The molecule has 0 saturated carbocycles. The molecule has 1 heterocycles. The highest BCUT2D eigenvalue weighted by molar-refractivity contribution is 7.13. The molecule has 1 aromatic carbocycles. The summed E-state index contributed by atoms with van der Waals surface area (Å²) in [5, 5.41) is 5.74. The van der Waals surface area contributed by atoms with Gasteiger partial charge in [0, 0.05) is 22.8 Å². The number of carbonyl (C=O) groups is 1. The summed E-state index contributed by atoms with van der Waals surface area (Å²) < 4.78 is 0. The lowest BCUT2D eigenvalue weighted by atomic mass is 9.99. The molecule has 0 aliphatic heterocycles. The van der Waals surface area contributed by atoms with Gasteiger partial charge in [-0.05, 0) is 18.1 Å². The number of hydrogen-bond acceptors (Lipinski definition) is 4. The van der Waals surface area contributed by atoms with Gasteiger partial charge in [0.1, 0.15) is 5.01 Å². The van der Waals surface area contributed by atoms with E-state index in [1.165, 1.54) is 0 Å². The summed E-state index contributed by atoms with van der Waals surface area (Å²) in [6, 6.07) is 7.17. The Morgan fingerprint density at radius 1 is 1.50 bits per heavy atom. The first-order valence-electron chi connectivity index (χ1n) is 6.68. The topological polar surface area (TPSA) is 68.0 Å². The van der Waals surface area contributed by atoms with Gasteiger partial charge in [-0.25, -0.2) is 4.98 Å². The largest absolute Gasteiger partial charge is 0.325 e. The molecular formula is C15H19N3OS. The Hall–Kier alpha value is -1.72. The molecule has 2 atom stereocenters. The van der Waals surface area contributed by atoms with Crippen LogP contribution in [0.5, 0.6) is 0 Å². The SMILES string of the molecule is CCC(C)[C@H](N)C(=O)Nc1cccc(-c2nccs2)c1. The standard InChI is InChI=1S/C15H19N3OS/c1-3-10(2)13(16)14(19)18-12-6-4-5-11(9-12)15-17-7-8-20-15/h4-10,13H,3,16H2,1-2H3,(H,18,19)/t10?,13-/m0/s1. The average molecular weight is 289 g/mol. The Kier molecular flexibility index (Phi) is 4.87. The molecule has 0 saturated heterocycles. The number of rotatable bonds is 5. The van der Waals surface area contributed by atoms with Crippen LogP contribution in [0, 0.1) is 5.92 Å². The van der Waals surface area contributed by atoms with Crippen LogP contribution in [-0.2, 0) is 4.79 Å². The normalized spacial score (nSPS) is 13.8.